The van der Waals surface area contributed by atoms with Crippen molar-refractivity contribution in [2.24, 2.45) is 0 Å². The largest absolute Gasteiger partial charge is 0.459 e. The molecule has 0 aliphatic carbocycles. The number of carbonyl (C=O) groups excluding carboxylic acids is 1. The Labute approximate surface area is 95.2 Å². The highest BCUT2D eigenvalue weighted by Crippen LogP contribution is 2.16. The second-order valence-electron chi connectivity index (χ2n) is 3.79. The Bertz CT molecular complexity index is 411. The lowest BCUT2D eigenvalue weighted by Crippen LogP contribution is -2.46. The van der Waals surface area contributed by atoms with Crippen LogP contribution in [-0.2, 0) is 0 Å². The van der Waals surface area contributed by atoms with E-state index in [1.807, 2.05) is 13.8 Å². The van der Waals surface area contributed by atoms with Crippen LogP contribution >= 0.6 is 0 Å². The fourth-order valence-corrected chi connectivity index (χ4v) is 1.49. The molecule has 1 aromatic heterocycles. The first-order chi connectivity index (χ1) is 7.58. The second kappa shape index (κ2) is 4.84. The molecule has 0 bridgehead atoms. The molecule has 4 heteroatoms. The predicted octanol–water partition coefficient (Wildman–Crippen LogP) is 2.40. The summed E-state index contributed by atoms with van der Waals surface area (Å²) in [6.07, 6.45) is 2.62. The number of amides is 1. The van der Waals surface area contributed by atoms with Crippen LogP contribution in [0.4, 0.5) is 0 Å². The zero-order chi connectivity index (χ0) is 12.2. The summed E-state index contributed by atoms with van der Waals surface area (Å²) in [5.74, 6) is -0.0470. The van der Waals surface area contributed by atoms with Crippen molar-refractivity contribution >= 4 is 5.91 Å². The molecule has 1 N–H and O–H groups in total. The summed E-state index contributed by atoms with van der Waals surface area (Å²) in [6.45, 7) is 5.55. The summed E-state index contributed by atoms with van der Waals surface area (Å²) in [4.78, 5) is 11.9. The van der Waals surface area contributed by atoms with E-state index in [1.165, 1.54) is 6.26 Å². The maximum Gasteiger partial charge on any atom is 0.288 e. The fourth-order valence-electron chi connectivity index (χ4n) is 1.49. The monoisotopic (exact) mass is 220 g/mol. The molecule has 0 atom stereocenters. The summed E-state index contributed by atoms with van der Waals surface area (Å²) in [6, 6.07) is 3.88. The molecule has 4 nitrogen and oxygen atoms in total. The van der Waals surface area contributed by atoms with E-state index >= 15 is 0 Å². The highest BCUT2D eigenvalue weighted by Gasteiger charge is 2.29. The van der Waals surface area contributed by atoms with Gasteiger partial charge in [-0.25, -0.2) is 0 Å². The van der Waals surface area contributed by atoms with Gasteiger partial charge in [-0.1, -0.05) is 13.8 Å². The van der Waals surface area contributed by atoms with Gasteiger partial charge in [0.2, 0.25) is 0 Å². The van der Waals surface area contributed by atoms with Crippen LogP contribution in [0.2, 0.25) is 0 Å². The highest BCUT2D eigenvalue weighted by atomic mass is 16.3. The summed E-state index contributed by atoms with van der Waals surface area (Å²) in [5.41, 5.74) is -0.0207. The highest BCUT2D eigenvalue weighted by molar-refractivity contribution is 5.93. The number of hydrogen-bond acceptors (Lipinski definition) is 3. The first-order valence-corrected chi connectivity index (χ1v) is 5.36. The molecule has 0 aromatic carbocycles. The Morgan fingerprint density at radius 3 is 2.56 bits per heavy atom. The minimum absolute atomic E-state index is 0.279. The van der Waals surface area contributed by atoms with Gasteiger partial charge in [0.05, 0.1) is 12.3 Å². The van der Waals surface area contributed by atoms with E-state index in [0.717, 1.165) is 5.56 Å². The van der Waals surface area contributed by atoms with Gasteiger partial charge in [0.25, 0.3) is 5.91 Å². The molecule has 0 saturated heterocycles. The summed E-state index contributed by atoms with van der Waals surface area (Å²) in [5, 5.41) is 11.8. The van der Waals surface area contributed by atoms with Crippen molar-refractivity contribution in [2.75, 3.05) is 0 Å². The number of furan rings is 1. The molecule has 0 aliphatic rings. The van der Waals surface area contributed by atoms with E-state index in [2.05, 4.69) is 11.4 Å². The van der Waals surface area contributed by atoms with Crippen LogP contribution < -0.4 is 5.32 Å². The van der Waals surface area contributed by atoms with Gasteiger partial charge in [-0.2, -0.15) is 5.26 Å². The summed E-state index contributed by atoms with van der Waals surface area (Å²) in [7, 11) is 0. The van der Waals surface area contributed by atoms with Crippen LogP contribution in [0.15, 0.2) is 16.7 Å². The average molecular weight is 220 g/mol. The van der Waals surface area contributed by atoms with E-state index in [1.54, 1.807) is 13.0 Å². The number of hydrogen-bond donors (Lipinski definition) is 1. The molecular weight excluding hydrogens is 204 g/mol. The maximum atomic E-state index is 11.9. The molecule has 0 radical (unpaired) electrons. The number of nitrogens with zero attached hydrogens (tertiary/aromatic N) is 1. The molecule has 86 valence electrons. The summed E-state index contributed by atoms with van der Waals surface area (Å²) >= 11 is 0. The van der Waals surface area contributed by atoms with E-state index in [-0.39, 0.29) is 11.7 Å². The third-order valence-corrected chi connectivity index (χ3v) is 2.84. The van der Waals surface area contributed by atoms with E-state index < -0.39 is 5.54 Å². The van der Waals surface area contributed by atoms with Crippen LogP contribution in [0.25, 0.3) is 0 Å². The van der Waals surface area contributed by atoms with Crippen molar-refractivity contribution < 1.29 is 9.21 Å². The molecule has 16 heavy (non-hydrogen) atoms. The molecule has 1 rings (SSSR count). The third kappa shape index (κ3) is 2.25. The zero-order valence-electron chi connectivity index (χ0n) is 9.83. The maximum absolute atomic E-state index is 11.9. The van der Waals surface area contributed by atoms with Crippen LogP contribution in [0.1, 0.15) is 42.8 Å². The van der Waals surface area contributed by atoms with E-state index in [9.17, 15) is 4.79 Å². The lowest BCUT2D eigenvalue weighted by molar-refractivity contribution is 0.0886. The smallest absolute Gasteiger partial charge is 0.288 e. The number of carbonyl (C=O) groups is 1. The Balaban J connectivity index is 2.86. The van der Waals surface area contributed by atoms with Gasteiger partial charge in [0.1, 0.15) is 5.54 Å². The molecular formula is C12H16N2O2. The summed E-state index contributed by atoms with van der Waals surface area (Å²) < 4.78 is 5.08. The molecule has 1 heterocycles. The van der Waals surface area contributed by atoms with Gasteiger partial charge in [0, 0.05) is 5.56 Å². The molecule has 1 aromatic rings. The Kier molecular flexibility index (Phi) is 3.73. The van der Waals surface area contributed by atoms with Crippen molar-refractivity contribution in [1.29, 1.82) is 5.26 Å². The Hall–Kier alpha value is -1.76. The van der Waals surface area contributed by atoms with Crippen molar-refractivity contribution in [2.45, 2.75) is 39.2 Å². The third-order valence-electron chi connectivity index (χ3n) is 2.84. The standard InChI is InChI=1S/C12H16N2O2/c1-4-12(5-2,8-13)14-11(15)10-9(3)6-7-16-10/h6-7H,4-5H2,1-3H3,(H,14,15). The van der Waals surface area contributed by atoms with Crippen LogP contribution in [-0.4, -0.2) is 11.4 Å². The Morgan fingerprint density at radius 2 is 2.19 bits per heavy atom. The molecule has 1 amide bonds. The fraction of sp³-hybridized carbons (Fsp3) is 0.500. The van der Waals surface area contributed by atoms with Crippen molar-refractivity contribution in [3.8, 4) is 6.07 Å². The molecule has 0 aliphatic heterocycles. The van der Waals surface area contributed by atoms with Crippen molar-refractivity contribution in [3.63, 3.8) is 0 Å². The van der Waals surface area contributed by atoms with Crippen LogP contribution in [0.3, 0.4) is 0 Å². The number of nitriles is 1. The average Bonchev–Trinajstić information content (AvgIpc) is 2.72. The van der Waals surface area contributed by atoms with Gasteiger partial charge in [-0.3, -0.25) is 4.79 Å². The topological polar surface area (TPSA) is 66.0 Å². The normalized spacial score (nSPS) is 10.9. The second-order valence-corrected chi connectivity index (χ2v) is 3.79. The van der Waals surface area contributed by atoms with Crippen LogP contribution in [0.5, 0.6) is 0 Å². The number of nitrogens with one attached hydrogen (secondary N) is 1. The lowest BCUT2D eigenvalue weighted by Gasteiger charge is -2.24. The van der Waals surface area contributed by atoms with Gasteiger partial charge in [-0.05, 0) is 25.8 Å². The predicted molar refractivity (Wildman–Crippen MR) is 59.8 cm³/mol. The van der Waals surface area contributed by atoms with Crippen molar-refractivity contribution in [3.05, 3.63) is 23.7 Å². The molecule has 0 fully saturated rings. The lowest BCUT2D eigenvalue weighted by atomic mass is 9.94. The van der Waals surface area contributed by atoms with E-state index in [0.29, 0.717) is 12.8 Å². The first kappa shape index (κ1) is 12.3. The quantitative estimate of drug-likeness (QED) is 0.847. The molecule has 0 unspecified atom stereocenters. The minimum Gasteiger partial charge on any atom is -0.459 e. The van der Waals surface area contributed by atoms with Crippen LogP contribution in [0, 0.1) is 18.3 Å². The zero-order valence-corrected chi connectivity index (χ0v) is 9.83. The van der Waals surface area contributed by atoms with Crippen molar-refractivity contribution in [1.82, 2.24) is 5.32 Å². The van der Waals surface area contributed by atoms with Gasteiger partial charge < -0.3 is 9.73 Å². The minimum atomic E-state index is -0.795. The molecule has 0 spiro atoms. The first-order valence-electron chi connectivity index (χ1n) is 5.36. The molecule has 0 saturated carbocycles. The Morgan fingerprint density at radius 1 is 1.56 bits per heavy atom. The SMILES string of the molecule is CCC(C#N)(CC)NC(=O)c1occc1C. The number of rotatable bonds is 4. The van der Waals surface area contributed by atoms with Gasteiger partial charge in [0.15, 0.2) is 5.76 Å². The van der Waals surface area contributed by atoms with Gasteiger partial charge >= 0.3 is 0 Å². The van der Waals surface area contributed by atoms with Gasteiger partial charge in [-0.15, -0.1) is 0 Å². The van der Waals surface area contributed by atoms with E-state index in [4.69, 9.17) is 9.68 Å². The number of aryl methyl sites for hydroxylation is 1.